The van der Waals surface area contributed by atoms with Crippen LogP contribution in [-0.2, 0) is 6.42 Å². The van der Waals surface area contributed by atoms with Gasteiger partial charge in [0.15, 0.2) is 11.6 Å². The van der Waals surface area contributed by atoms with Crippen LogP contribution in [-0.4, -0.2) is 42.6 Å². The number of hydrogen-bond acceptors (Lipinski definition) is 4. The predicted molar refractivity (Wildman–Crippen MR) is 85.4 cm³/mol. The van der Waals surface area contributed by atoms with E-state index in [-0.39, 0.29) is 0 Å². The summed E-state index contributed by atoms with van der Waals surface area (Å²) in [6.45, 7) is 4.72. The second-order valence-corrected chi connectivity index (χ2v) is 6.47. The van der Waals surface area contributed by atoms with Gasteiger partial charge in [0, 0.05) is 49.0 Å². The number of aromatic nitrogens is 1. The van der Waals surface area contributed by atoms with E-state index in [0.717, 1.165) is 51.3 Å². The van der Waals surface area contributed by atoms with Crippen molar-refractivity contribution in [3.63, 3.8) is 0 Å². The van der Waals surface area contributed by atoms with Crippen molar-refractivity contribution >= 4 is 17.0 Å². The van der Waals surface area contributed by atoms with Crippen LogP contribution < -0.4 is 4.90 Å². The topological polar surface area (TPSA) is 19.4 Å². The lowest BCUT2D eigenvalue weighted by Gasteiger charge is -2.23. The molecule has 0 N–H and O–H groups in total. The summed E-state index contributed by atoms with van der Waals surface area (Å²) in [6.07, 6.45) is 3.98. The molecule has 22 heavy (non-hydrogen) atoms. The molecular formula is C16H19F2N3S. The Bertz CT molecular complexity index is 603. The first-order chi connectivity index (χ1) is 10.7. The normalized spacial score (nSPS) is 16.7. The number of benzene rings is 1. The number of thiazole rings is 1. The summed E-state index contributed by atoms with van der Waals surface area (Å²) in [6, 6.07) is 4.16. The molecule has 0 radical (unpaired) electrons. The minimum absolute atomic E-state index is 0.767. The van der Waals surface area contributed by atoms with E-state index in [2.05, 4.69) is 14.8 Å². The molecule has 3 rings (SSSR count). The third-order valence-corrected chi connectivity index (χ3v) is 4.85. The first-order valence-electron chi connectivity index (χ1n) is 7.52. The van der Waals surface area contributed by atoms with Crippen molar-refractivity contribution in [3.8, 4) is 0 Å². The average Bonchev–Trinajstić information content (AvgIpc) is 2.93. The Balaban J connectivity index is 1.56. The Labute approximate surface area is 133 Å². The van der Waals surface area contributed by atoms with Gasteiger partial charge in [-0.25, -0.2) is 8.78 Å². The van der Waals surface area contributed by atoms with Crippen LogP contribution in [0, 0.1) is 11.6 Å². The van der Waals surface area contributed by atoms with Gasteiger partial charge in [-0.15, -0.1) is 11.3 Å². The van der Waals surface area contributed by atoms with Crippen LogP contribution in [0.2, 0.25) is 0 Å². The van der Waals surface area contributed by atoms with Crippen molar-refractivity contribution in [1.29, 1.82) is 0 Å². The zero-order chi connectivity index (χ0) is 15.4. The van der Waals surface area contributed by atoms with E-state index in [9.17, 15) is 8.78 Å². The molecule has 0 bridgehead atoms. The van der Waals surface area contributed by atoms with E-state index in [1.807, 2.05) is 11.7 Å². The highest BCUT2D eigenvalue weighted by Gasteiger charge is 2.16. The zero-order valence-corrected chi connectivity index (χ0v) is 13.2. The van der Waals surface area contributed by atoms with Crippen LogP contribution in [0.3, 0.4) is 0 Å². The van der Waals surface area contributed by atoms with Crippen molar-refractivity contribution < 1.29 is 8.78 Å². The molecule has 2 heterocycles. The third kappa shape index (κ3) is 3.81. The first-order valence-corrected chi connectivity index (χ1v) is 8.40. The molecule has 0 saturated carbocycles. The molecule has 1 aromatic carbocycles. The number of hydrogen-bond donors (Lipinski definition) is 0. The van der Waals surface area contributed by atoms with Crippen molar-refractivity contribution in [2.45, 2.75) is 12.8 Å². The maximum Gasteiger partial charge on any atom is 0.160 e. The molecule has 6 heteroatoms. The van der Waals surface area contributed by atoms with E-state index >= 15 is 0 Å². The van der Waals surface area contributed by atoms with Gasteiger partial charge in [-0.3, -0.25) is 4.98 Å². The van der Waals surface area contributed by atoms with E-state index in [1.54, 1.807) is 17.4 Å². The fourth-order valence-electron chi connectivity index (χ4n) is 2.77. The van der Waals surface area contributed by atoms with Gasteiger partial charge in [-0.05, 0) is 31.5 Å². The molecule has 1 aliphatic heterocycles. The second kappa shape index (κ2) is 7.15. The predicted octanol–water partition coefficient (Wildman–Crippen LogP) is 3.18. The molecule has 3 nitrogen and oxygen atoms in total. The van der Waals surface area contributed by atoms with Crippen LogP contribution in [0.15, 0.2) is 29.9 Å². The number of nitrogens with zero attached hydrogens (tertiary/aromatic N) is 3. The molecule has 0 atom stereocenters. The third-order valence-electron chi connectivity index (χ3n) is 4.01. The quantitative estimate of drug-likeness (QED) is 0.861. The Hall–Kier alpha value is -1.53. The SMILES string of the molecule is Fc1ccc(N2CCCN(CCc3cncs3)CC2)cc1F. The van der Waals surface area contributed by atoms with E-state index < -0.39 is 11.6 Å². The van der Waals surface area contributed by atoms with E-state index in [1.165, 1.54) is 17.0 Å². The lowest BCUT2D eigenvalue weighted by molar-refractivity contribution is 0.298. The highest BCUT2D eigenvalue weighted by atomic mass is 32.1. The average molecular weight is 323 g/mol. The highest BCUT2D eigenvalue weighted by Crippen LogP contribution is 2.19. The summed E-state index contributed by atoms with van der Waals surface area (Å²) < 4.78 is 26.4. The van der Waals surface area contributed by atoms with E-state index in [4.69, 9.17) is 0 Å². The number of anilines is 1. The minimum atomic E-state index is -0.787. The lowest BCUT2D eigenvalue weighted by atomic mass is 10.2. The molecule has 0 amide bonds. The summed E-state index contributed by atoms with van der Waals surface area (Å²) in [5, 5.41) is 0. The standard InChI is InChI=1S/C16H19F2N3S/c17-15-3-2-13(10-16(15)18)21-6-1-5-20(8-9-21)7-4-14-11-19-12-22-14/h2-3,10-12H,1,4-9H2. The first kappa shape index (κ1) is 15.4. The van der Waals surface area contributed by atoms with Crippen molar-refractivity contribution in [3.05, 3.63) is 46.4 Å². The van der Waals surface area contributed by atoms with Gasteiger partial charge < -0.3 is 9.80 Å². The molecule has 1 saturated heterocycles. The smallest absolute Gasteiger partial charge is 0.160 e. The molecular weight excluding hydrogens is 304 g/mol. The summed E-state index contributed by atoms with van der Waals surface area (Å²) in [7, 11) is 0. The molecule has 1 fully saturated rings. The Kier molecular flexibility index (Phi) is 5.00. The van der Waals surface area contributed by atoms with Gasteiger partial charge in [0.1, 0.15) is 0 Å². The molecule has 118 valence electrons. The van der Waals surface area contributed by atoms with Crippen LogP contribution in [0.5, 0.6) is 0 Å². The largest absolute Gasteiger partial charge is 0.370 e. The van der Waals surface area contributed by atoms with Crippen LogP contribution in [0.4, 0.5) is 14.5 Å². The monoisotopic (exact) mass is 323 g/mol. The van der Waals surface area contributed by atoms with E-state index in [0.29, 0.717) is 0 Å². The molecule has 0 unspecified atom stereocenters. The number of rotatable bonds is 4. The van der Waals surface area contributed by atoms with Crippen LogP contribution >= 0.6 is 11.3 Å². The van der Waals surface area contributed by atoms with Crippen molar-refractivity contribution in [1.82, 2.24) is 9.88 Å². The maximum atomic E-state index is 13.4. The van der Waals surface area contributed by atoms with Gasteiger partial charge in [-0.1, -0.05) is 0 Å². The Morgan fingerprint density at radius 2 is 2.00 bits per heavy atom. The lowest BCUT2D eigenvalue weighted by Crippen LogP contribution is -2.32. The molecule has 0 aliphatic carbocycles. The highest BCUT2D eigenvalue weighted by molar-refractivity contribution is 7.09. The van der Waals surface area contributed by atoms with Crippen molar-refractivity contribution in [2.24, 2.45) is 0 Å². The summed E-state index contributed by atoms with van der Waals surface area (Å²) >= 11 is 1.69. The fourth-order valence-corrected chi connectivity index (χ4v) is 3.36. The van der Waals surface area contributed by atoms with Gasteiger partial charge in [0.25, 0.3) is 0 Å². The summed E-state index contributed by atoms with van der Waals surface area (Å²) in [5.41, 5.74) is 2.63. The summed E-state index contributed by atoms with van der Waals surface area (Å²) in [5.74, 6) is -1.56. The second-order valence-electron chi connectivity index (χ2n) is 5.50. The fraction of sp³-hybridized carbons (Fsp3) is 0.438. The van der Waals surface area contributed by atoms with Crippen LogP contribution in [0.25, 0.3) is 0 Å². The molecule has 2 aromatic rings. The summed E-state index contributed by atoms with van der Waals surface area (Å²) in [4.78, 5) is 9.97. The molecule has 1 aromatic heterocycles. The maximum absolute atomic E-state index is 13.4. The minimum Gasteiger partial charge on any atom is -0.370 e. The van der Waals surface area contributed by atoms with Gasteiger partial charge >= 0.3 is 0 Å². The Morgan fingerprint density at radius 1 is 1.09 bits per heavy atom. The van der Waals surface area contributed by atoms with Gasteiger partial charge in [-0.2, -0.15) is 0 Å². The molecule has 0 spiro atoms. The van der Waals surface area contributed by atoms with Crippen LogP contribution in [0.1, 0.15) is 11.3 Å². The Morgan fingerprint density at radius 3 is 2.77 bits per heavy atom. The zero-order valence-electron chi connectivity index (χ0n) is 12.3. The van der Waals surface area contributed by atoms with Gasteiger partial charge in [0.2, 0.25) is 0 Å². The molecule has 1 aliphatic rings. The number of halogens is 2. The van der Waals surface area contributed by atoms with Crippen molar-refractivity contribution in [2.75, 3.05) is 37.6 Å². The van der Waals surface area contributed by atoms with Gasteiger partial charge in [0.05, 0.1) is 5.51 Å².